The Morgan fingerprint density at radius 3 is 2.47 bits per heavy atom. The molecule has 0 saturated carbocycles. The van der Waals surface area contributed by atoms with Gasteiger partial charge in [-0.1, -0.05) is 31.9 Å². The maximum atomic E-state index is 11.2. The maximum absolute atomic E-state index is 11.2. The van der Waals surface area contributed by atoms with Crippen molar-refractivity contribution in [1.82, 2.24) is 0 Å². The summed E-state index contributed by atoms with van der Waals surface area (Å²) in [7, 11) is 0. The van der Waals surface area contributed by atoms with Crippen molar-refractivity contribution in [2.45, 2.75) is 6.42 Å². The molecular formula is C10H7Br2ClO2. The van der Waals surface area contributed by atoms with E-state index in [0.29, 0.717) is 17.3 Å². The molecule has 80 valence electrons. The van der Waals surface area contributed by atoms with Crippen LogP contribution in [0.4, 0.5) is 0 Å². The number of carbonyl (C=O) groups is 2. The zero-order valence-corrected chi connectivity index (χ0v) is 11.5. The van der Waals surface area contributed by atoms with Gasteiger partial charge in [0.05, 0.1) is 5.33 Å². The number of benzene rings is 1. The van der Waals surface area contributed by atoms with E-state index in [1.807, 2.05) is 0 Å². The molecule has 0 bridgehead atoms. The van der Waals surface area contributed by atoms with E-state index in [2.05, 4.69) is 31.9 Å². The number of ketones is 1. The van der Waals surface area contributed by atoms with E-state index in [-0.39, 0.29) is 5.78 Å². The van der Waals surface area contributed by atoms with Gasteiger partial charge >= 0.3 is 0 Å². The number of rotatable bonds is 4. The Morgan fingerprint density at radius 2 is 1.93 bits per heavy atom. The molecule has 1 aromatic rings. The van der Waals surface area contributed by atoms with E-state index in [1.54, 1.807) is 18.2 Å². The molecule has 0 N–H and O–H groups in total. The minimum atomic E-state index is -0.524. The number of halogens is 3. The zero-order chi connectivity index (χ0) is 11.4. The van der Waals surface area contributed by atoms with E-state index in [9.17, 15) is 9.59 Å². The van der Waals surface area contributed by atoms with Crippen LogP contribution < -0.4 is 0 Å². The summed E-state index contributed by atoms with van der Waals surface area (Å²) in [6.07, 6.45) is 0.294. The SMILES string of the molecule is O=C(CBr)Cc1cc(Br)cc(C(=O)Cl)c1. The molecule has 15 heavy (non-hydrogen) atoms. The average molecular weight is 354 g/mol. The Labute approximate surface area is 109 Å². The third-order valence-corrected chi connectivity index (χ3v) is 3.04. The lowest BCUT2D eigenvalue weighted by molar-refractivity contribution is -0.115. The van der Waals surface area contributed by atoms with Crippen LogP contribution in [-0.2, 0) is 11.2 Å². The molecular weight excluding hydrogens is 347 g/mol. The molecule has 1 rings (SSSR count). The summed E-state index contributed by atoms with van der Waals surface area (Å²) in [6.45, 7) is 0. The van der Waals surface area contributed by atoms with Crippen LogP contribution in [0.5, 0.6) is 0 Å². The molecule has 0 atom stereocenters. The lowest BCUT2D eigenvalue weighted by Gasteiger charge is -2.02. The van der Waals surface area contributed by atoms with E-state index in [1.165, 1.54) is 0 Å². The standard InChI is InChI=1S/C10H7Br2ClO2/c11-5-9(14)3-6-1-7(10(13)15)4-8(12)2-6/h1-2,4H,3,5H2. The molecule has 0 aliphatic rings. The lowest BCUT2D eigenvalue weighted by atomic mass is 10.1. The van der Waals surface area contributed by atoms with E-state index in [4.69, 9.17) is 11.6 Å². The Hall–Kier alpha value is -0.190. The first-order valence-electron chi connectivity index (χ1n) is 4.10. The summed E-state index contributed by atoms with van der Waals surface area (Å²) in [5.41, 5.74) is 1.17. The number of alkyl halides is 1. The van der Waals surface area contributed by atoms with Crippen molar-refractivity contribution < 1.29 is 9.59 Å². The van der Waals surface area contributed by atoms with Crippen LogP contribution in [0.3, 0.4) is 0 Å². The van der Waals surface area contributed by atoms with Gasteiger partial charge in [0.25, 0.3) is 5.24 Å². The van der Waals surface area contributed by atoms with Gasteiger partial charge < -0.3 is 0 Å². The molecule has 0 heterocycles. The van der Waals surface area contributed by atoms with E-state index >= 15 is 0 Å². The van der Waals surface area contributed by atoms with Gasteiger partial charge in [0, 0.05) is 16.5 Å². The predicted octanol–water partition coefficient (Wildman–Crippen LogP) is 3.33. The normalized spacial score (nSPS) is 10.1. The van der Waals surface area contributed by atoms with Gasteiger partial charge in [-0.05, 0) is 35.4 Å². The average Bonchev–Trinajstić information content (AvgIpc) is 2.16. The number of hydrogen-bond acceptors (Lipinski definition) is 2. The maximum Gasteiger partial charge on any atom is 0.252 e. The smallest absolute Gasteiger partial charge is 0.252 e. The zero-order valence-electron chi connectivity index (χ0n) is 7.60. The molecule has 0 amide bonds. The molecule has 0 spiro atoms. The topological polar surface area (TPSA) is 34.1 Å². The van der Waals surface area contributed by atoms with Crippen molar-refractivity contribution >= 4 is 54.5 Å². The molecule has 0 saturated heterocycles. The second kappa shape index (κ2) is 5.77. The highest BCUT2D eigenvalue weighted by Crippen LogP contribution is 2.18. The van der Waals surface area contributed by atoms with Gasteiger partial charge in [-0.2, -0.15) is 0 Å². The highest BCUT2D eigenvalue weighted by molar-refractivity contribution is 9.10. The first-order valence-corrected chi connectivity index (χ1v) is 6.39. The highest BCUT2D eigenvalue weighted by Gasteiger charge is 2.07. The van der Waals surface area contributed by atoms with Crippen LogP contribution in [-0.4, -0.2) is 16.4 Å². The molecule has 0 aliphatic carbocycles. The van der Waals surface area contributed by atoms with Crippen molar-refractivity contribution in [2.24, 2.45) is 0 Å². The van der Waals surface area contributed by atoms with Crippen LogP contribution in [0.2, 0.25) is 0 Å². The molecule has 5 heteroatoms. The van der Waals surface area contributed by atoms with E-state index in [0.717, 1.165) is 10.0 Å². The van der Waals surface area contributed by atoms with Crippen molar-refractivity contribution in [3.05, 3.63) is 33.8 Å². The fraction of sp³-hybridized carbons (Fsp3) is 0.200. The fourth-order valence-electron chi connectivity index (χ4n) is 1.14. The van der Waals surface area contributed by atoms with Crippen LogP contribution in [0.15, 0.2) is 22.7 Å². The highest BCUT2D eigenvalue weighted by atomic mass is 79.9. The molecule has 1 aromatic carbocycles. The lowest BCUT2D eigenvalue weighted by Crippen LogP contribution is -2.04. The van der Waals surface area contributed by atoms with Crippen LogP contribution in [0.25, 0.3) is 0 Å². The predicted molar refractivity (Wildman–Crippen MR) is 66.8 cm³/mol. The summed E-state index contributed by atoms with van der Waals surface area (Å²) in [6, 6.07) is 5.04. The second-order valence-electron chi connectivity index (χ2n) is 2.97. The molecule has 0 radical (unpaired) electrons. The van der Waals surface area contributed by atoms with Crippen molar-refractivity contribution in [3.8, 4) is 0 Å². The summed E-state index contributed by atoms with van der Waals surface area (Å²) < 4.78 is 0.742. The first-order chi connectivity index (χ1) is 7.02. The quantitative estimate of drug-likeness (QED) is 0.614. The first kappa shape index (κ1) is 12.9. The van der Waals surface area contributed by atoms with Gasteiger partial charge in [0.1, 0.15) is 5.78 Å². The van der Waals surface area contributed by atoms with Crippen molar-refractivity contribution in [3.63, 3.8) is 0 Å². The Bertz CT molecular complexity index is 404. The van der Waals surface area contributed by atoms with Gasteiger partial charge in [-0.3, -0.25) is 9.59 Å². The van der Waals surface area contributed by atoms with Crippen LogP contribution >= 0.6 is 43.5 Å². The van der Waals surface area contributed by atoms with Crippen molar-refractivity contribution in [1.29, 1.82) is 0 Å². The summed E-state index contributed by atoms with van der Waals surface area (Å²) in [4.78, 5) is 22.1. The fourth-order valence-corrected chi connectivity index (χ4v) is 1.99. The summed E-state index contributed by atoms with van der Waals surface area (Å²) in [5.74, 6) is 0.0565. The third-order valence-electron chi connectivity index (χ3n) is 1.73. The largest absolute Gasteiger partial charge is 0.298 e. The van der Waals surface area contributed by atoms with Gasteiger partial charge in [-0.25, -0.2) is 0 Å². The van der Waals surface area contributed by atoms with E-state index < -0.39 is 5.24 Å². The minimum absolute atomic E-state index is 0.0565. The number of carbonyl (C=O) groups excluding carboxylic acids is 2. The van der Waals surface area contributed by atoms with Gasteiger partial charge in [0.15, 0.2) is 0 Å². The number of Topliss-reactive ketones (excluding diaryl/α,β-unsaturated/α-hetero) is 1. The third kappa shape index (κ3) is 4.05. The molecule has 0 fully saturated rings. The van der Waals surface area contributed by atoms with Gasteiger partial charge in [-0.15, -0.1) is 0 Å². The monoisotopic (exact) mass is 352 g/mol. The number of hydrogen-bond donors (Lipinski definition) is 0. The Morgan fingerprint density at radius 1 is 1.27 bits per heavy atom. The Kier molecular flexibility index (Phi) is 4.96. The molecule has 0 aliphatic heterocycles. The van der Waals surface area contributed by atoms with Crippen molar-refractivity contribution in [2.75, 3.05) is 5.33 Å². The summed E-state index contributed by atoms with van der Waals surface area (Å²) in [5, 5.41) is -0.215. The second-order valence-corrected chi connectivity index (χ2v) is 4.79. The molecule has 0 aromatic heterocycles. The molecule has 2 nitrogen and oxygen atoms in total. The minimum Gasteiger partial charge on any atom is -0.298 e. The Balaban J connectivity index is 2.98. The van der Waals surface area contributed by atoms with Crippen LogP contribution in [0.1, 0.15) is 15.9 Å². The summed E-state index contributed by atoms with van der Waals surface area (Å²) >= 11 is 11.7. The van der Waals surface area contributed by atoms with Gasteiger partial charge in [0.2, 0.25) is 0 Å². The van der Waals surface area contributed by atoms with Crippen LogP contribution in [0, 0.1) is 0 Å². The molecule has 0 unspecified atom stereocenters.